The van der Waals surface area contributed by atoms with Crippen molar-refractivity contribution >= 4 is 0 Å². The van der Waals surface area contributed by atoms with Crippen LogP contribution in [0.15, 0.2) is 35.4 Å². The van der Waals surface area contributed by atoms with Crippen molar-refractivity contribution in [3.63, 3.8) is 0 Å². The third-order valence-electron chi connectivity index (χ3n) is 4.54. The van der Waals surface area contributed by atoms with E-state index >= 15 is 0 Å². The third kappa shape index (κ3) is 3.59. The van der Waals surface area contributed by atoms with Gasteiger partial charge in [0.15, 0.2) is 0 Å². The van der Waals surface area contributed by atoms with Crippen molar-refractivity contribution in [2.24, 2.45) is 5.92 Å². The van der Waals surface area contributed by atoms with Crippen LogP contribution in [0, 0.1) is 5.92 Å². The van der Waals surface area contributed by atoms with E-state index in [0.29, 0.717) is 5.92 Å². The zero-order chi connectivity index (χ0) is 15.4. The van der Waals surface area contributed by atoms with Crippen LogP contribution in [0.4, 0.5) is 0 Å². The maximum Gasteiger partial charge on any atom is 0.122 e. The summed E-state index contributed by atoms with van der Waals surface area (Å²) in [5.74, 6) is 1.80. The van der Waals surface area contributed by atoms with E-state index in [-0.39, 0.29) is 0 Å². The van der Waals surface area contributed by atoms with Crippen LogP contribution in [-0.4, -0.2) is 45.5 Å². The Kier molecular flexibility index (Phi) is 4.95. The van der Waals surface area contributed by atoms with Gasteiger partial charge >= 0.3 is 0 Å². The lowest BCUT2D eigenvalue weighted by atomic mass is 10.1. The number of hydrogen-bond acceptors (Lipinski definition) is 4. The lowest BCUT2D eigenvalue weighted by Gasteiger charge is -2.28. The second kappa shape index (κ2) is 7.11. The fourth-order valence-corrected chi connectivity index (χ4v) is 3.35. The highest BCUT2D eigenvalue weighted by atomic mass is 16.3. The molecule has 0 amide bonds. The molecule has 0 N–H and O–H groups in total. The van der Waals surface area contributed by atoms with Crippen molar-refractivity contribution < 1.29 is 4.42 Å². The maximum atomic E-state index is 5.21. The first-order valence-corrected chi connectivity index (χ1v) is 8.24. The molecule has 0 radical (unpaired) electrons. The van der Waals surface area contributed by atoms with Crippen LogP contribution < -0.4 is 0 Å². The Labute approximate surface area is 132 Å². The molecule has 1 unspecified atom stereocenters. The molecule has 0 saturated heterocycles. The van der Waals surface area contributed by atoms with Crippen LogP contribution in [0.5, 0.6) is 0 Å². The first-order chi connectivity index (χ1) is 10.8. The molecule has 0 fully saturated rings. The van der Waals surface area contributed by atoms with Gasteiger partial charge < -0.3 is 13.9 Å². The monoisotopic (exact) mass is 302 g/mol. The Balaban J connectivity index is 1.73. The second-order valence-electron chi connectivity index (χ2n) is 6.15. The fraction of sp³-hybridized carbons (Fsp3) is 0.588. The highest BCUT2D eigenvalue weighted by molar-refractivity contribution is 5.06. The molecule has 0 aliphatic carbocycles. The van der Waals surface area contributed by atoms with Gasteiger partial charge in [-0.1, -0.05) is 13.8 Å². The molecule has 1 aliphatic heterocycles. The zero-order valence-corrected chi connectivity index (χ0v) is 13.6. The molecule has 0 aromatic carbocycles. The summed E-state index contributed by atoms with van der Waals surface area (Å²) in [6.45, 7) is 11.9. The lowest BCUT2D eigenvalue weighted by Crippen LogP contribution is -2.36. The molecule has 0 spiro atoms. The summed E-state index contributed by atoms with van der Waals surface area (Å²) in [5.41, 5.74) is 1.24. The van der Waals surface area contributed by atoms with Crippen LogP contribution in [0.25, 0.3) is 0 Å². The molecule has 0 bridgehead atoms. The zero-order valence-electron chi connectivity index (χ0n) is 13.6. The van der Waals surface area contributed by atoms with Gasteiger partial charge in [0.1, 0.15) is 5.82 Å². The minimum Gasteiger partial charge on any atom is -0.472 e. The average Bonchev–Trinajstić information content (AvgIpc) is 3.14. The van der Waals surface area contributed by atoms with E-state index in [0.717, 1.165) is 45.8 Å². The molecule has 5 heteroatoms. The summed E-state index contributed by atoms with van der Waals surface area (Å²) < 4.78 is 7.54. The number of nitrogens with zero attached hydrogens (tertiary/aromatic N) is 4. The van der Waals surface area contributed by atoms with Crippen LogP contribution in [0.2, 0.25) is 0 Å². The summed E-state index contributed by atoms with van der Waals surface area (Å²) in [6, 6.07) is 2.05. The van der Waals surface area contributed by atoms with Gasteiger partial charge in [0.2, 0.25) is 0 Å². The summed E-state index contributed by atoms with van der Waals surface area (Å²) in [4.78, 5) is 9.54. The molecule has 1 aliphatic rings. The summed E-state index contributed by atoms with van der Waals surface area (Å²) in [6.07, 6.45) is 7.63. The molecular weight excluding hydrogens is 276 g/mol. The van der Waals surface area contributed by atoms with E-state index in [1.165, 1.54) is 11.4 Å². The largest absolute Gasteiger partial charge is 0.472 e. The van der Waals surface area contributed by atoms with E-state index < -0.39 is 0 Å². The number of rotatable bonds is 6. The van der Waals surface area contributed by atoms with Crippen molar-refractivity contribution in [3.8, 4) is 0 Å². The first kappa shape index (κ1) is 15.3. The van der Waals surface area contributed by atoms with E-state index in [2.05, 4.69) is 45.5 Å². The van der Waals surface area contributed by atoms with Gasteiger partial charge in [-0.2, -0.15) is 0 Å². The van der Waals surface area contributed by atoms with Crippen LogP contribution in [-0.2, 0) is 19.6 Å². The van der Waals surface area contributed by atoms with Gasteiger partial charge in [0, 0.05) is 50.1 Å². The average molecular weight is 302 g/mol. The van der Waals surface area contributed by atoms with Gasteiger partial charge in [-0.3, -0.25) is 4.90 Å². The Morgan fingerprint density at radius 1 is 1.32 bits per heavy atom. The summed E-state index contributed by atoms with van der Waals surface area (Å²) in [7, 11) is 0. The smallest absolute Gasteiger partial charge is 0.122 e. The van der Waals surface area contributed by atoms with Gasteiger partial charge in [-0.25, -0.2) is 4.98 Å². The van der Waals surface area contributed by atoms with Crippen LogP contribution >= 0.6 is 0 Å². The molecule has 3 heterocycles. The van der Waals surface area contributed by atoms with E-state index in [1.54, 1.807) is 6.26 Å². The molecule has 2 aromatic heterocycles. The third-order valence-corrected chi connectivity index (χ3v) is 4.54. The van der Waals surface area contributed by atoms with Crippen molar-refractivity contribution in [2.45, 2.75) is 33.5 Å². The Bertz CT molecular complexity index is 559. The van der Waals surface area contributed by atoms with E-state index in [1.807, 2.05) is 12.5 Å². The van der Waals surface area contributed by atoms with Crippen molar-refractivity contribution in [1.29, 1.82) is 0 Å². The number of imidazole rings is 1. The van der Waals surface area contributed by atoms with Crippen LogP contribution in [0.3, 0.4) is 0 Å². The molecule has 3 rings (SSSR count). The van der Waals surface area contributed by atoms with Gasteiger partial charge in [-0.05, 0) is 19.2 Å². The molecule has 2 aromatic rings. The number of aromatic nitrogens is 2. The maximum absolute atomic E-state index is 5.21. The van der Waals surface area contributed by atoms with Gasteiger partial charge in [-0.15, -0.1) is 0 Å². The van der Waals surface area contributed by atoms with Crippen molar-refractivity contribution in [3.05, 3.63) is 42.4 Å². The first-order valence-electron chi connectivity index (χ1n) is 8.24. The molecular formula is C17H26N4O. The topological polar surface area (TPSA) is 37.4 Å². The molecule has 5 nitrogen and oxygen atoms in total. The molecule has 22 heavy (non-hydrogen) atoms. The fourth-order valence-electron chi connectivity index (χ4n) is 3.35. The normalized spacial score (nSPS) is 19.3. The number of fused-ring (bicyclic) bond motifs is 1. The standard InChI is InChI=1S/C17H26N4O/c1-3-19(4-2)10-16-11-20(9-15-5-8-22-14-15)13-17-18-6-7-21(17)12-16/h5-8,14,16H,3-4,9-13H2,1-2H3. The SMILES string of the molecule is CCN(CC)CC1CN(Cc2ccoc2)Cc2nccn2C1. The second-order valence-corrected chi connectivity index (χ2v) is 6.15. The molecule has 120 valence electrons. The Morgan fingerprint density at radius 3 is 2.91 bits per heavy atom. The Morgan fingerprint density at radius 2 is 2.18 bits per heavy atom. The van der Waals surface area contributed by atoms with E-state index in [4.69, 9.17) is 4.42 Å². The van der Waals surface area contributed by atoms with Crippen molar-refractivity contribution in [1.82, 2.24) is 19.4 Å². The molecule has 1 atom stereocenters. The van der Waals surface area contributed by atoms with Crippen LogP contribution in [0.1, 0.15) is 25.2 Å². The van der Waals surface area contributed by atoms with E-state index in [9.17, 15) is 0 Å². The predicted molar refractivity (Wildman–Crippen MR) is 86.3 cm³/mol. The Hall–Kier alpha value is -1.59. The van der Waals surface area contributed by atoms with Gasteiger partial charge in [0.25, 0.3) is 0 Å². The number of hydrogen-bond donors (Lipinski definition) is 0. The van der Waals surface area contributed by atoms with Gasteiger partial charge in [0.05, 0.1) is 19.1 Å². The highest BCUT2D eigenvalue weighted by Gasteiger charge is 2.23. The minimum absolute atomic E-state index is 0.627. The highest BCUT2D eigenvalue weighted by Crippen LogP contribution is 2.19. The summed E-state index contributed by atoms with van der Waals surface area (Å²) >= 11 is 0. The quantitative estimate of drug-likeness (QED) is 0.821. The summed E-state index contributed by atoms with van der Waals surface area (Å²) in [5, 5.41) is 0. The van der Waals surface area contributed by atoms with Crippen molar-refractivity contribution in [2.75, 3.05) is 26.2 Å². The lowest BCUT2D eigenvalue weighted by molar-refractivity contribution is 0.174. The number of furan rings is 1. The molecule has 0 saturated carbocycles. The predicted octanol–water partition coefficient (Wildman–Crippen LogP) is 2.45. The minimum atomic E-state index is 0.627.